The van der Waals surface area contributed by atoms with Gasteiger partial charge in [-0.05, 0) is 37.0 Å². The Morgan fingerprint density at radius 1 is 1.18 bits per heavy atom. The maximum atomic E-state index is 12.8. The van der Waals surface area contributed by atoms with Gasteiger partial charge >= 0.3 is 0 Å². The molecule has 1 saturated heterocycles. The van der Waals surface area contributed by atoms with Crippen molar-refractivity contribution in [2.24, 2.45) is 5.92 Å². The Morgan fingerprint density at radius 2 is 2.11 bits per heavy atom. The van der Waals surface area contributed by atoms with E-state index in [-0.39, 0.29) is 17.9 Å². The van der Waals surface area contributed by atoms with Crippen molar-refractivity contribution in [3.8, 4) is 0 Å². The number of benzene rings is 1. The van der Waals surface area contributed by atoms with Crippen molar-refractivity contribution in [2.75, 3.05) is 13.2 Å². The number of nitrogens with zero attached hydrogens (tertiary/aromatic N) is 4. The third kappa shape index (κ3) is 3.16. The maximum Gasteiger partial charge on any atom is 0.289 e. The molecule has 1 aromatic carbocycles. The highest BCUT2D eigenvalue weighted by molar-refractivity contribution is 5.91. The zero-order chi connectivity index (χ0) is 18.9. The molecule has 7 nitrogen and oxygen atoms in total. The van der Waals surface area contributed by atoms with Crippen LogP contribution in [-0.2, 0) is 24.1 Å². The second-order valence-corrected chi connectivity index (χ2v) is 7.62. The Balaban J connectivity index is 1.33. The lowest BCUT2D eigenvalue weighted by atomic mass is 9.93. The smallest absolute Gasteiger partial charge is 0.289 e. The van der Waals surface area contributed by atoms with Crippen LogP contribution in [0.4, 0.5) is 0 Å². The summed E-state index contributed by atoms with van der Waals surface area (Å²) in [5, 5.41) is 12.6. The molecule has 0 radical (unpaired) electrons. The van der Waals surface area contributed by atoms with Gasteiger partial charge in [0.15, 0.2) is 0 Å². The van der Waals surface area contributed by atoms with Crippen molar-refractivity contribution >= 4 is 16.8 Å². The van der Waals surface area contributed by atoms with Gasteiger partial charge in [-0.3, -0.25) is 9.78 Å². The van der Waals surface area contributed by atoms with Gasteiger partial charge in [-0.15, -0.1) is 10.2 Å². The lowest BCUT2D eigenvalue weighted by Crippen LogP contribution is -2.41. The third-order valence-corrected chi connectivity index (χ3v) is 5.80. The molecule has 3 aromatic rings. The van der Waals surface area contributed by atoms with Crippen LogP contribution in [0.2, 0.25) is 0 Å². The number of aromatic nitrogens is 4. The maximum absolute atomic E-state index is 12.8. The fourth-order valence-electron chi connectivity index (χ4n) is 4.28. The van der Waals surface area contributed by atoms with Crippen molar-refractivity contribution in [1.82, 2.24) is 25.1 Å². The van der Waals surface area contributed by atoms with E-state index >= 15 is 0 Å². The Bertz CT molecular complexity index is 1010. The molecule has 0 unspecified atom stereocenters. The molecule has 7 heteroatoms. The van der Waals surface area contributed by atoms with Gasteiger partial charge in [-0.25, -0.2) is 0 Å². The Kier molecular flexibility index (Phi) is 4.52. The van der Waals surface area contributed by atoms with E-state index in [0.717, 1.165) is 49.0 Å². The highest BCUT2D eigenvalue weighted by atomic mass is 16.5. The lowest BCUT2D eigenvalue weighted by Gasteiger charge is -2.20. The van der Waals surface area contributed by atoms with Crippen LogP contribution in [0, 0.1) is 5.92 Å². The van der Waals surface area contributed by atoms with E-state index in [1.54, 1.807) is 0 Å². The van der Waals surface area contributed by atoms with Crippen LogP contribution < -0.4 is 5.32 Å². The van der Waals surface area contributed by atoms with Gasteiger partial charge in [0.1, 0.15) is 5.82 Å². The summed E-state index contributed by atoms with van der Waals surface area (Å²) in [5.41, 5.74) is 2.23. The minimum absolute atomic E-state index is 0.0315. The first kappa shape index (κ1) is 17.3. The number of hydrogen-bond acceptors (Lipinski definition) is 5. The average Bonchev–Trinajstić information content (AvgIpc) is 3.35. The van der Waals surface area contributed by atoms with E-state index in [1.165, 1.54) is 5.56 Å². The van der Waals surface area contributed by atoms with E-state index in [0.29, 0.717) is 19.0 Å². The van der Waals surface area contributed by atoms with Crippen LogP contribution in [0.3, 0.4) is 0 Å². The van der Waals surface area contributed by atoms with Crippen LogP contribution >= 0.6 is 0 Å². The number of ether oxygens (including phenoxy) is 1. The van der Waals surface area contributed by atoms with E-state index in [9.17, 15) is 4.79 Å². The van der Waals surface area contributed by atoms with Crippen molar-refractivity contribution in [1.29, 1.82) is 0 Å². The van der Waals surface area contributed by atoms with Gasteiger partial charge in [0.25, 0.3) is 5.91 Å². The van der Waals surface area contributed by atoms with Gasteiger partial charge in [0.05, 0.1) is 24.8 Å². The number of carbonyl (C=O) groups excluding carboxylic acids is 1. The fourth-order valence-corrected chi connectivity index (χ4v) is 4.28. The van der Waals surface area contributed by atoms with Gasteiger partial charge in [-0.2, -0.15) is 0 Å². The van der Waals surface area contributed by atoms with Crippen molar-refractivity contribution < 1.29 is 9.53 Å². The molecule has 0 aliphatic carbocycles. The number of nitrogens with one attached hydrogen (secondary N) is 1. The van der Waals surface area contributed by atoms with Crippen LogP contribution in [0.25, 0.3) is 10.9 Å². The number of fused-ring (bicyclic) bond motifs is 2. The molecular weight excluding hydrogens is 354 g/mol. The zero-order valence-corrected chi connectivity index (χ0v) is 15.7. The van der Waals surface area contributed by atoms with Gasteiger partial charge in [-0.1, -0.05) is 18.2 Å². The molecule has 2 aliphatic heterocycles. The van der Waals surface area contributed by atoms with Crippen LogP contribution in [0.15, 0.2) is 36.5 Å². The molecule has 5 rings (SSSR count). The van der Waals surface area contributed by atoms with E-state index < -0.39 is 0 Å². The summed E-state index contributed by atoms with van der Waals surface area (Å²) < 4.78 is 7.67. The standard InChI is InChI=1S/C21H23N5O2/c27-21(20-25-24-19-7-3-4-10-26(19)20)23-18-13-28-12-15(18)11-14-8-9-22-17-6-2-1-5-16(14)17/h1-2,5-6,8-9,15,18H,3-4,7,10-13H2,(H,23,27)/t15-,18+/m1/s1. The Morgan fingerprint density at radius 3 is 3.07 bits per heavy atom. The monoisotopic (exact) mass is 377 g/mol. The van der Waals surface area contributed by atoms with Crippen molar-refractivity contribution in [3.05, 3.63) is 53.7 Å². The molecule has 1 N–H and O–H groups in total. The number of aryl methyl sites for hydroxylation is 1. The van der Waals surface area contributed by atoms with E-state index in [4.69, 9.17) is 4.74 Å². The van der Waals surface area contributed by atoms with Crippen molar-refractivity contribution in [2.45, 2.75) is 38.3 Å². The van der Waals surface area contributed by atoms with Gasteiger partial charge in [0, 0.05) is 30.5 Å². The predicted molar refractivity (Wildman–Crippen MR) is 104 cm³/mol. The third-order valence-electron chi connectivity index (χ3n) is 5.80. The van der Waals surface area contributed by atoms with E-state index in [2.05, 4.69) is 32.6 Å². The second-order valence-electron chi connectivity index (χ2n) is 7.62. The Labute approximate surface area is 163 Å². The molecule has 0 bridgehead atoms. The summed E-state index contributed by atoms with van der Waals surface area (Å²) in [6.07, 6.45) is 5.76. The predicted octanol–water partition coefficient (Wildman–Crippen LogP) is 2.15. The highest BCUT2D eigenvalue weighted by Gasteiger charge is 2.32. The molecule has 28 heavy (non-hydrogen) atoms. The molecule has 4 heterocycles. The molecule has 2 aliphatic rings. The molecule has 2 atom stereocenters. The molecule has 0 spiro atoms. The summed E-state index contributed by atoms with van der Waals surface area (Å²) in [5.74, 6) is 1.41. The molecule has 1 fully saturated rings. The highest BCUT2D eigenvalue weighted by Crippen LogP contribution is 2.24. The summed E-state index contributed by atoms with van der Waals surface area (Å²) >= 11 is 0. The number of para-hydroxylation sites is 1. The quantitative estimate of drug-likeness (QED) is 0.753. The SMILES string of the molecule is O=C(N[C@H]1COC[C@H]1Cc1ccnc2ccccc12)c1nnc2n1CCCC2. The summed E-state index contributed by atoms with van der Waals surface area (Å²) in [4.78, 5) is 17.3. The first-order chi connectivity index (χ1) is 13.8. The molecule has 144 valence electrons. The summed E-state index contributed by atoms with van der Waals surface area (Å²) in [7, 11) is 0. The lowest BCUT2D eigenvalue weighted by molar-refractivity contribution is 0.0908. The second kappa shape index (κ2) is 7.31. The van der Waals surface area contributed by atoms with Gasteiger partial charge < -0.3 is 14.6 Å². The minimum atomic E-state index is -0.152. The number of carbonyl (C=O) groups is 1. The topological polar surface area (TPSA) is 81.9 Å². The zero-order valence-electron chi connectivity index (χ0n) is 15.7. The number of pyridine rings is 1. The molecule has 0 saturated carbocycles. The van der Waals surface area contributed by atoms with Crippen LogP contribution in [0.5, 0.6) is 0 Å². The molecule has 1 amide bonds. The van der Waals surface area contributed by atoms with Crippen LogP contribution in [-0.4, -0.2) is 44.9 Å². The normalized spacial score (nSPS) is 21.6. The van der Waals surface area contributed by atoms with Gasteiger partial charge in [0.2, 0.25) is 5.82 Å². The molecular formula is C21H23N5O2. The summed E-state index contributed by atoms with van der Waals surface area (Å²) in [6, 6.07) is 10.2. The number of hydrogen-bond donors (Lipinski definition) is 1. The average molecular weight is 377 g/mol. The van der Waals surface area contributed by atoms with Crippen LogP contribution in [0.1, 0.15) is 34.8 Å². The first-order valence-electron chi connectivity index (χ1n) is 9.93. The number of rotatable bonds is 4. The van der Waals surface area contributed by atoms with E-state index in [1.807, 2.05) is 29.0 Å². The number of amides is 1. The summed E-state index contributed by atoms with van der Waals surface area (Å²) in [6.45, 7) is 1.98. The Hall–Kier alpha value is -2.80. The van der Waals surface area contributed by atoms with Crippen molar-refractivity contribution in [3.63, 3.8) is 0 Å². The largest absolute Gasteiger partial charge is 0.379 e. The fraction of sp³-hybridized carbons (Fsp3) is 0.429. The molecule has 2 aromatic heterocycles. The minimum Gasteiger partial charge on any atom is -0.379 e. The first-order valence-corrected chi connectivity index (χ1v) is 9.93.